The molecule has 1 atom stereocenters. The molecule has 0 spiro atoms. The lowest BCUT2D eigenvalue weighted by Gasteiger charge is -2.07. The van der Waals surface area contributed by atoms with Gasteiger partial charge in [0.25, 0.3) is 0 Å². The van der Waals surface area contributed by atoms with Gasteiger partial charge in [0.15, 0.2) is 0 Å². The average molecular weight is 288 g/mol. The van der Waals surface area contributed by atoms with Crippen LogP contribution in [0.5, 0.6) is 0 Å². The van der Waals surface area contributed by atoms with Gasteiger partial charge >= 0.3 is 6.18 Å². The molecular weight excluding hydrogens is 269 g/mol. The van der Waals surface area contributed by atoms with Gasteiger partial charge in [0.1, 0.15) is 0 Å². The molecule has 1 saturated carbocycles. The molecule has 0 aromatic heterocycles. The molecule has 0 heterocycles. The fraction of sp³-hybridized carbons (Fsp3) is 0.615. The van der Waals surface area contributed by atoms with Gasteiger partial charge < -0.3 is 5.73 Å². The quantitative estimate of drug-likeness (QED) is 0.592. The van der Waals surface area contributed by atoms with Crippen molar-refractivity contribution in [2.45, 2.75) is 32.0 Å². The zero-order valence-electron chi connectivity index (χ0n) is 11.4. The number of rotatable bonds is 6. The highest BCUT2D eigenvalue weighted by Gasteiger charge is 2.35. The Morgan fingerprint density at radius 2 is 2.05 bits per heavy atom. The number of halogens is 3. The normalized spacial score (nSPS) is 19.4. The fourth-order valence-corrected chi connectivity index (χ4v) is 1.52. The third kappa shape index (κ3) is 5.64. The predicted molar refractivity (Wildman–Crippen MR) is 75.7 cm³/mol. The van der Waals surface area contributed by atoms with Gasteiger partial charge in [0.2, 0.25) is 5.84 Å². The van der Waals surface area contributed by atoms with Crippen LogP contribution in [0.4, 0.5) is 13.2 Å². The number of hydrogen-bond acceptors (Lipinski definition) is 3. The summed E-state index contributed by atoms with van der Waals surface area (Å²) in [5, 5.41) is 0. The number of hydrogen-bond donors (Lipinski definition) is 1. The zero-order chi connectivity index (χ0) is 15.2. The lowest BCUT2D eigenvalue weighted by molar-refractivity contribution is -0.0598. The van der Waals surface area contributed by atoms with Crippen LogP contribution in [0.3, 0.4) is 0 Å². The van der Waals surface area contributed by atoms with Gasteiger partial charge in [-0.05, 0) is 25.8 Å². The minimum atomic E-state index is -4.56. The molecule has 1 unspecified atom stereocenters. The van der Waals surface area contributed by atoms with E-state index >= 15 is 0 Å². The van der Waals surface area contributed by atoms with Crippen LogP contribution in [0.2, 0.25) is 0 Å². The third-order valence-corrected chi connectivity index (χ3v) is 2.64. The van der Waals surface area contributed by atoms with E-state index in [2.05, 4.69) is 21.6 Å². The highest BCUT2D eigenvalue weighted by Crippen LogP contribution is 2.30. The van der Waals surface area contributed by atoms with Gasteiger partial charge in [-0.2, -0.15) is 13.2 Å². The molecule has 1 aliphatic carbocycles. The van der Waals surface area contributed by atoms with Crippen LogP contribution in [0, 0.1) is 5.92 Å². The van der Waals surface area contributed by atoms with E-state index in [4.69, 9.17) is 5.73 Å². The Balaban J connectivity index is 2.59. The van der Waals surface area contributed by atoms with Crippen molar-refractivity contribution in [3.63, 3.8) is 0 Å². The zero-order valence-corrected chi connectivity index (χ0v) is 11.4. The van der Waals surface area contributed by atoms with Crippen LogP contribution < -0.4 is 5.73 Å². The van der Waals surface area contributed by atoms with Crippen LogP contribution in [0.25, 0.3) is 0 Å². The van der Waals surface area contributed by atoms with Gasteiger partial charge in [-0.1, -0.05) is 6.58 Å². The first kappa shape index (κ1) is 16.6. The van der Waals surface area contributed by atoms with Crippen molar-refractivity contribution in [3.8, 4) is 0 Å². The number of allylic oxidation sites excluding steroid dienone is 1. The number of alkyl halides is 3. The predicted octanol–water partition coefficient (Wildman–Crippen LogP) is 2.40. The Kier molecular flexibility index (Phi) is 6.06. The second-order valence-corrected chi connectivity index (χ2v) is 4.48. The third-order valence-electron chi connectivity index (χ3n) is 2.64. The van der Waals surface area contributed by atoms with Gasteiger partial charge in [-0.15, -0.1) is 0 Å². The number of nitrogens with two attached hydrogens (primary N) is 1. The van der Waals surface area contributed by atoms with E-state index in [0.29, 0.717) is 5.92 Å². The van der Waals surface area contributed by atoms with Crippen molar-refractivity contribution in [1.82, 2.24) is 0 Å². The molecule has 112 valence electrons. The monoisotopic (exact) mass is 288 g/mol. The standard InChI is InChI=1S/C13H19F3N4/c1-3-11(9-5-6-9)19-7-10(17)8-20-12(18-4-2)13(14,15)16/h3,8-10H,1,4-7,17H2,2H3. The van der Waals surface area contributed by atoms with Crippen molar-refractivity contribution in [3.05, 3.63) is 12.7 Å². The van der Waals surface area contributed by atoms with Gasteiger partial charge in [-0.3, -0.25) is 9.98 Å². The summed E-state index contributed by atoms with van der Waals surface area (Å²) in [7, 11) is 0. The second kappa shape index (κ2) is 7.33. The first-order chi connectivity index (χ1) is 9.38. The van der Waals surface area contributed by atoms with Crippen LogP contribution in [0.15, 0.2) is 27.6 Å². The van der Waals surface area contributed by atoms with E-state index in [9.17, 15) is 13.2 Å². The molecule has 2 N–H and O–H groups in total. The van der Waals surface area contributed by atoms with Gasteiger partial charge in [0, 0.05) is 24.4 Å². The second-order valence-electron chi connectivity index (χ2n) is 4.48. The maximum absolute atomic E-state index is 12.5. The molecule has 0 aromatic carbocycles. The highest BCUT2D eigenvalue weighted by molar-refractivity contribution is 5.98. The smallest absolute Gasteiger partial charge is 0.322 e. The van der Waals surface area contributed by atoms with Crippen LogP contribution in [-0.4, -0.2) is 43.1 Å². The van der Waals surface area contributed by atoms with E-state index < -0.39 is 18.1 Å². The van der Waals surface area contributed by atoms with Crippen molar-refractivity contribution in [1.29, 1.82) is 0 Å². The molecule has 20 heavy (non-hydrogen) atoms. The van der Waals surface area contributed by atoms with Crippen molar-refractivity contribution in [2.24, 2.45) is 26.6 Å². The minimum absolute atomic E-state index is 0.0157. The van der Waals surface area contributed by atoms with E-state index in [-0.39, 0.29) is 13.1 Å². The topological polar surface area (TPSA) is 63.1 Å². The Hall–Kier alpha value is -1.50. The van der Waals surface area contributed by atoms with Crippen molar-refractivity contribution < 1.29 is 13.2 Å². The van der Waals surface area contributed by atoms with E-state index in [1.807, 2.05) is 0 Å². The van der Waals surface area contributed by atoms with Crippen LogP contribution in [-0.2, 0) is 0 Å². The highest BCUT2D eigenvalue weighted by atomic mass is 19.4. The maximum atomic E-state index is 12.5. The SMILES string of the molecule is C=CC(=NCC(N)C=NC(=NCC)C(F)(F)F)C1CC1. The first-order valence-electron chi connectivity index (χ1n) is 6.46. The lowest BCUT2D eigenvalue weighted by atomic mass is 10.2. The molecule has 0 bridgehead atoms. The van der Waals surface area contributed by atoms with Crippen molar-refractivity contribution >= 4 is 17.8 Å². The molecule has 0 aromatic rings. The van der Waals surface area contributed by atoms with E-state index in [1.165, 1.54) is 6.92 Å². The molecule has 0 aliphatic heterocycles. The largest absolute Gasteiger partial charge is 0.451 e. The Labute approximate surface area is 116 Å². The summed E-state index contributed by atoms with van der Waals surface area (Å²) in [5.74, 6) is -0.727. The Morgan fingerprint density at radius 1 is 1.40 bits per heavy atom. The van der Waals surface area contributed by atoms with Gasteiger partial charge in [-0.25, -0.2) is 4.99 Å². The number of amidine groups is 1. The van der Waals surface area contributed by atoms with Crippen LogP contribution in [0.1, 0.15) is 19.8 Å². The molecular formula is C13H19F3N4. The van der Waals surface area contributed by atoms with Crippen LogP contribution >= 0.6 is 0 Å². The number of aliphatic imine (C=N–C) groups is 3. The summed E-state index contributed by atoms with van der Waals surface area (Å²) >= 11 is 0. The molecule has 1 aliphatic rings. The summed E-state index contributed by atoms with van der Waals surface area (Å²) in [4.78, 5) is 10.9. The van der Waals surface area contributed by atoms with E-state index in [0.717, 1.165) is 24.8 Å². The molecule has 0 saturated heterocycles. The lowest BCUT2D eigenvalue weighted by Crippen LogP contribution is -2.28. The molecule has 0 radical (unpaired) electrons. The van der Waals surface area contributed by atoms with Gasteiger partial charge in [0.05, 0.1) is 12.6 Å². The molecule has 7 heteroatoms. The molecule has 0 amide bonds. The van der Waals surface area contributed by atoms with Crippen molar-refractivity contribution in [2.75, 3.05) is 13.1 Å². The Bertz CT molecular complexity index is 420. The summed E-state index contributed by atoms with van der Waals surface area (Å²) in [5.41, 5.74) is 6.54. The summed E-state index contributed by atoms with van der Waals surface area (Å²) in [6.07, 6.45) is 0.307. The first-order valence-corrected chi connectivity index (χ1v) is 6.46. The Morgan fingerprint density at radius 3 is 2.50 bits per heavy atom. The minimum Gasteiger partial charge on any atom is -0.322 e. The summed E-state index contributed by atoms with van der Waals surface area (Å²) in [6, 6.07) is -0.673. The molecule has 1 rings (SSSR count). The average Bonchev–Trinajstić information content (AvgIpc) is 3.18. The van der Waals surface area contributed by atoms with E-state index in [1.54, 1.807) is 6.08 Å². The summed E-state index contributed by atoms with van der Waals surface area (Å²) < 4.78 is 37.5. The molecule has 1 fully saturated rings. The maximum Gasteiger partial charge on any atom is 0.451 e. The summed E-state index contributed by atoms with van der Waals surface area (Å²) in [6.45, 7) is 5.38. The number of nitrogens with zero attached hydrogens (tertiary/aromatic N) is 3. The molecule has 4 nitrogen and oxygen atoms in total. The fourth-order valence-electron chi connectivity index (χ4n) is 1.52.